The first-order valence-electron chi connectivity index (χ1n) is 27.8. The third kappa shape index (κ3) is 6.91. The molecule has 0 saturated carbocycles. The fourth-order valence-electron chi connectivity index (χ4n) is 13.4. The summed E-state index contributed by atoms with van der Waals surface area (Å²) in [6.45, 7) is 18.4. The summed E-state index contributed by atoms with van der Waals surface area (Å²) >= 11 is 0. The van der Waals surface area contributed by atoms with Crippen molar-refractivity contribution in [2.45, 2.75) is 78.1 Å². The van der Waals surface area contributed by atoms with Gasteiger partial charge >= 0.3 is 0 Å². The first-order chi connectivity index (χ1) is 37.8. The molecule has 0 fully saturated rings. The summed E-state index contributed by atoms with van der Waals surface area (Å²) in [6, 6.07) is 77.1. The smallest absolute Gasteiger partial charge is 0.178 e. The lowest BCUT2D eigenvalue weighted by molar-refractivity contribution is 0.634. The Morgan fingerprint density at radius 1 is 0.308 bits per heavy atom. The molecule has 13 aromatic rings. The van der Waals surface area contributed by atoms with Gasteiger partial charge in [-0.2, -0.15) is 0 Å². The standard InChI is InChI=1S/C74H60N2O2/c1-43(2)45-17-23-51(24-18-45)75(55-29-33-67-61(41-55)57-13-9-11-15-65(57)73(67,5)6)53-27-21-47-37-63-59-31-32-60-64-38-48-22-28-54(36-50(48)40-70(64)78-72(60)71(59)77-69(63)39-49(47)35-53)76(52-25-19-46(20-26-52)44(3)4)56-30-34-68-62(42-56)58-14-10-12-16-66(58)74(68,7)8/h9-44H,1-8H3. The van der Waals surface area contributed by atoms with E-state index in [2.05, 4.69) is 271 Å². The quantitative estimate of drug-likeness (QED) is 0.152. The van der Waals surface area contributed by atoms with Gasteiger partial charge in [-0.05, 0) is 198 Å². The number of fused-ring (bicyclic) bond motifs is 15. The Kier molecular flexibility index (Phi) is 10.0. The monoisotopic (exact) mass is 1010 g/mol. The number of rotatable bonds is 8. The van der Waals surface area contributed by atoms with E-state index in [1.807, 2.05) is 0 Å². The molecule has 2 aromatic heterocycles. The molecule has 2 aliphatic carbocycles. The van der Waals surface area contributed by atoms with Crippen LogP contribution in [0, 0.1) is 0 Å². The molecular weight excluding hydrogens is 949 g/mol. The summed E-state index contributed by atoms with van der Waals surface area (Å²) in [6.07, 6.45) is 0. The van der Waals surface area contributed by atoms with Crippen molar-refractivity contribution in [1.29, 1.82) is 0 Å². The SMILES string of the molecule is CC(C)c1ccc(N(c2ccc3c(c2)-c2ccccc2C3(C)C)c2ccc3cc4c(cc3c2)oc2c4ccc3c4cc5ccc(N(c6ccc(C(C)C)cc6)c6ccc7c(c6)-c6ccccc6C7(C)C)cc5cc4oc32)cc1. The van der Waals surface area contributed by atoms with Crippen LogP contribution in [-0.4, -0.2) is 0 Å². The lowest BCUT2D eigenvalue weighted by Crippen LogP contribution is -2.15. The molecule has 78 heavy (non-hydrogen) atoms. The molecule has 0 atom stereocenters. The normalized spacial score (nSPS) is 14.1. The molecule has 0 spiro atoms. The van der Waals surface area contributed by atoms with Gasteiger partial charge in [0.1, 0.15) is 11.2 Å². The first-order valence-corrected chi connectivity index (χ1v) is 27.8. The van der Waals surface area contributed by atoms with Gasteiger partial charge in [-0.1, -0.05) is 152 Å². The van der Waals surface area contributed by atoms with Gasteiger partial charge in [-0.25, -0.2) is 0 Å². The summed E-state index contributed by atoms with van der Waals surface area (Å²) in [5.41, 5.74) is 23.1. The van der Waals surface area contributed by atoms with E-state index >= 15 is 0 Å². The average Bonchev–Trinajstić information content (AvgIpc) is 4.36. The summed E-state index contributed by atoms with van der Waals surface area (Å²) < 4.78 is 13.9. The summed E-state index contributed by atoms with van der Waals surface area (Å²) in [7, 11) is 0. The minimum atomic E-state index is -0.0684. The van der Waals surface area contributed by atoms with E-state index in [-0.39, 0.29) is 10.8 Å². The fraction of sp³-hybridized carbons (Fsp3) is 0.162. The molecule has 2 heterocycles. The molecule has 0 saturated heterocycles. The molecule has 0 unspecified atom stereocenters. The number of furan rings is 2. The van der Waals surface area contributed by atoms with Crippen LogP contribution < -0.4 is 9.80 Å². The lowest BCUT2D eigenvalue weighted by atomic mass is 9.82. The van der Waals surface area contributed by atoms with E-state index in [4.69, 9.17) is 8.83 Å². The van der Waals surface area contributed by atoms with Crippen molar-refractivity contribution in [1.82, 2.24) is 0 Å². The first kappa shape index (κ1) is 46.4. The van der Waals surface area contributed by atoms with E-state index < -0.39 is 0 Å². The molecule has 0 bridgehead atoms. The minimum Gasteiger partial charge on any atom is -0.452 e. The number of hydrogen-bond acceptors (Lipinski definition) is 4. The summed E-state index contributed by atoms with van der Waals surface area (Å²) in [4.78, 5) is 4.81. The summed E-state index contributed by atoms with van der Waals surface area (Å²) in [5, 5.41) is 8.75. The Morgan fingerprint density at radius 3 is 1.08 bits per heavy atom. The van der Waals surface area contributed by atoms with Crippen LogP contribution >= 0.6 is 0 Å². The predicted octanol–water partition coefficient (Wildman–Crippen LogP) is 21.6. The van der Waals surface area contributed by atoms with E-state index in [0.29, 0.717) is 11.8 Å². The second-order valence-electron chi connectivity index (χ2n) is 23.7. The molecule has 378 valence electrons. The van der Waals surface area contributed by atoms with Crippen LogP contribution in [0.2, 0.25) is 0 Å². The largest absolute Gasteiger partial charge is 0.452 e. The zero-order valence-electron chi connectivity index (χ0n) is 45.5. The number of hydrogen-bond donors (Lipinski definition) is 0. The van der Waals surface area contributed by atoms with Crippen molar-refractivity contribution in [2.75, 3.05) is 9.80 Å². The fourth-order valence-corrected chi connectivity index (χ4v) is 13.4. The van der Waals surface area contributed by atoms with Crippen LogP contribution in [-0.2, 0) is 10.8 Å². The van der Waals surface area contributed by atoms with Crippen molar-refractivity contribution in [3.05, 3.63) is 240 Å². The van der Waals surface area contributed by atoms with Gasteiger partial charge in [0.2, 0.25) is 0 Å². The molecule has 0 aliphatic heterocycles. The Balaban J connectivity index is 0.829. The highest BCUT2D eigenvalue weighted by Gasteiger charge is 2.37. The van der Waals surface area contributed by atoms with Crippen molar-refractivity contribution >= 4 is 99.5 Å². The van der Waals surface area contributed by atoms with Crippen molar-refractivity contribution in [3.63, 3.8) is 0 Å². The van der Waals surface area contributed by atoms with Crippen molar-refractivity contribution in [3.8, 4) is 22.3 Å². The molecule has 4 heteroatoms. The van der Waals surface area contributed by atoms with Crippen LogP contribution in [0.25, 0.3) is 87.7 Å². The zero-order valence-corrected chi connectivity index (χ0v) is 45.5. The third-order valence-electron chi connectivity index (χ3n) is 17.8. The maximum absolute atomic E-state index is 6.93. The molecular formula is C74H60N2O2. The maximum Gasteiger partial charge on any atom is 0.178 e. The predicted molar refractivity (Wildman–Crippen MR) is 329 cm³/mol. The van der Waals surface area contributed by atoms with Crippen LogP contribution in [0.4, 0.5) is 34.1 Å². The van der Waals surface area contributed by atoms with Crippen LogP contribution in [0.1, 0.15) is 101 Å². The molecule has 15 rings (SSSR count). The summed E-state index contributed by atoms with van der Waals surface area (Å²) in [5.74, 6) is 0.882. The van der Waals surface area contributed by atoms with Gasteiger partial charge in [0.05, 0.1) is 0 Å². The highest BCUT2D eigenvalue weighted by Crippen LogP contribution is 2.53. The van der Waals surface area contributed by atoms with Gasteiger partial charge in [0, 0.05) is 66.5 Å². The van der Waals surface area contributed by atoms with Crippen LogP contribution in [0.5, 0.6) is 0 Å². The number of anilines is 6. The van der Waals surface area contributed by atoms with Gasteiger partial charge in [-0.15, -0.1) is 0 Å². The maximum atomic E-state index is 6.93. The molecule has 2 aliphatic rings. The molecule has 11 aromatic carbocycles. The van der Waals surface area contributed by atoms with Crippen LogP contribution in [0.3, 0.4) is 0 Å². The average molecular weight is 1010 g/mol. The number of benzene rings is 11. The zero-order chi connectivity index (χ0) is 52.9. The van der Waals surface area contributed by atoms with Crippen molar-refractivity contribution in [2.24, 2.45) is 0 Å². The van der Waals surface area contributed by atoms with E-state index in [9.17, 15) is 0 Å². The Hall–Kier alpha value is -8.86. The topological polar surface area (TPSA) is 32.8 Å². The molecule has 4 nitrogen and oxygen atoms in total. The second-order valence-corrected chi connectivity index (χ2v) is 23.7. The Bertz CT molecular complexity index is 4330. The highest BCUT2D eigenvalue weighted by molar-refractivity contribution is 6.21. The molecule has 0 amide bonds. The Morgan fingerprint density at radius 2 is 0.667 bits per heavy atom. The lowest BCUT2D eigenvalue weighted by Gasteiger charge is -2.27. The van der Waals surface area contributed by atoms with Gasteiger partial charge < -0.3 is 18.6 Å². The van der Waals surface area contributed by atoms with E-state index in [0.717, 1.165) is 99.5 Å². The number of nitrogens with zero attached hydrogens (tertiary/aromatic N) is 2. The van der Waals surface area contributed by atoms with Crippen LogP contribution in [0.15, 0.2) is 215 Å². The minimum absolute atomic E-state index is 0.0684. The van der Waals surface area contributed by atoms with E-state index in [1.54, 1.807) is 0 Å². The van der Waals surface area contributed by atoms with Gasteiger partial charge in [0.15, 0.2) is 11.2 Å². The van der Waals surface area contributed by atoms with E-state index in [1.165, 1.54) is 55.6 Å². The second kappa shape index (κ2) is 16.8. The molecule has 0 radical (unpaired) electrons. The highest BCUT2D eigenvalue weighted by atomic mass is 16.4. The van der Waals surface area contributed by atoms with Crippen molar-refractivity contribution < 1.29 is 8.83 Å². The van der Waals surface area contributed by atoms with Gasteiger partial charge in [0.25, 0.3) is 0 Å². The Labute approximate surface area is 455 Å². The van der Waals surface area contributed by atoms with Gasteiger partial charge in [-0.3, -0.25) is 0 Å². The molecule has 0 N–H and O–H groups in total. The third-order valence-corrected chi connectivity index (χ3v) is 17.8.